The van der Waals surface area contributed by atoms with Crippen molar-refractivity contribution in [2.45, 2.75) is 87.4 Å². The van der Waals surface area contributed by atoms with Crippen molar-refractivity contribution < 1.29 is 27.4 Å². The fourth-order valence-electron chi connectivity index (χ4n) is 6.89. The number of urea groups is 1. The molecule has 5 rings (SSSR count). The Hall–Kier alpha value is -2.12. The molecule has 0 saturated carbocycles. The topological polar surface area (TPSA) is 118 Å². The zero-order valence-corrected chi connectivity index (χ0v) is 28.8. The third kappa shape index (κ3) is 9.06. The maximum Gasteiger partial charge on any atom is 0.314 e. The lowest BCUT2D eigenvalue weighted by atomic mass is 9.98. The summed E-state index contributed by atoms with van der Waals surface area (Å²) in [5.74, 6) is 0.595. The molecule has 2 amide bonds. The first-order chi connectivity index (χ1) is 22.3. The van der Waals surface area contributed by atoms with Gasteiger partial charge in [0.2, 0.25) is 10.0 Å². The molecule has 13 heteroatoms. The lowest BCUT2D eigenvalue weighted by Gasteiger charge is -2.41. The Morgan fingerprint density at radius 2 is 1.59 bits per heavy atom. The molecule has 10 nitrogen and oxygen atoms in total. The summed E-state index contributed by atoms with van der Waals surface area (Å²) in [6.07, 6.45) is 8.66. The second-order valence-electron chi connectivity index (χ2n) is 12.2. The van der Waals surface area contributed by atoms with E-state index < -0.39 is 10.0 Å². The lowest BCUT2D eigenvalue weighted by molar-refractivity contribution is 0.0225. The molecular formula is C33H46Cl2N4O6S. The number of benzene rings is 2. The number of hydrogen-bond acceptors (Lipinski definition) is 7. The van der Waals surface area contributed by atoms with Crippen molar-refractivity contribution in [2.24, 2.45) is 0 Å². The monoisotopic (exact) mass is 696 g/mol. The smallest absolute Gasteiger partial charge is 0.314 e. The molecule has 2 saturated heterocycles. The second kappa shape index (κ2) is 16.8. The van der Waals surface area contributed by atoms with E-state index in [0.29, 0.717) is 60.8 Å². The molecule has 2 aliphatic heterocycles. The van der Waals surface area contributed by atoms with E-state index in [1.54, 1.807) is 30.3 Å². The van der Waals surface area contributed by atoms with Crippen LogP contribution in [0.2, 0.25) is 10.0 Å². The number of carbonyl (C=O) groups excluding carboxylic acids is 1. The Balaban J connectivity index is 1.07. The Morgan fingerprint density at radius 1 is 0.913 bits per heavy atom. The predicted molar refractivity (Wildman–Crippen MR) is 179 cm³/mol. The summed E-state index contributed by atoms with van der Waals surface area (Å²) >= 11 is 13.1. The van der Waals surface area contributed by atoms with Gasteiger partial charge in [-0.2, -0.15) is 0 Å². The van der Waals surface area contributed by atoms with Crippen LogP contribution >= 0.6 is 23.2 Å². The van der Waals surface area contributed by atoms with Crippen LogP contribution in [-0.2, 0) is 25.9 Å². The number of sulfonamides is 1. The van der Waals surface area contributed by atoms with Crippen molar-refractivity contribution in [3.63, 3.8) is 0 Å². The molecule has 2 fully saturated rings. The molecule has 2 heterocycles. The maximum atomic E-state index is 12.9. The van der Waals surface area contributed by atoms with Crippen molar-refractivity contribution in [3.8, 4) is 5.75 Å². The highest BCUT2D eigenvalue weighted by Gasteiger charge is 2.47. The molecule has 4 atom stereocenters. The summed E-state index contributed by atoms with van der Waals surface area (Å²) < 4.78 is 45.9. The molecule has 2 unspecified atom stereocenters. The molecular weight excluding hydrogens is 651 g/mol. The van der Waals surface area contributed by atoms with Crippen molar-refractivity contribution in [1.82, 2.24) is 20.3 Å². The van der Waals surface area contributed by atoms with Crippen LogP contribution in [0.1, 0.15) is 69.1 Å². The third-order valence-electron chi connectivity index (χ3n) is 9.05. The highest BCUT2D eigenvalue weighted by atomic mass is 35.5. The number of hydrogen-bond donors (Lipinski definition) is 3. The van der Waals surface area contributed by atoms with Crippen molar-refractivity contribution in [3.05, 3.63) is 57.6 Å². The van der Waals surface area contributed by atoms with E-state index in [2.05, 4.69) is 27.2 Å². The molecule has 254 valence electrons. The van der Waals surface area contributed by atoms with Gasteiger partial charge in [0.05, 0.1) is 37.4 Å². The Bertz CT molecular complexity index is 1400. The van der Waals surface area contributed by atoms with Gasteiger partial charge in [-0.1, -0.05) is 43.0 Å². The fourth-order valence-corrected chi connectivity index (χ4v) is 8.49. The van der Waals surface area contributed by atoms with E-state index in [4.69, 9.17) is 37.4 Å². The number of unbranched alkanes of at least 4 members (excludes halogenated alkanes) is 1. The number of carbonyl (C=O) groups is 1. The van der Waals surface area contributed by atoms with E-state index in [1.165, 1.54) is 32.1 Å². The highest BCUT2D eigenvalue weighted by molar-refractivity contribution is 7.89. The number of fused-ring (bicyclic) bond motifs is 3. The molecule has 46 heavy (non-hydrogen) atoms. The van der Waals surface area contributed by atoms with Gasteiger partial charge >= 0.3 is 6.03 Å². The van der Waals surface area contributed by atoms with E-state index >= 15 is 0 Å². The highest BCUT2D eigenvalue weighted by Crippen LogP contribution is 2.47. The largest absolute Gasteiger partial charge is 0.484 e. The fraction of sp³-hybridized carbons (Fsp3) is 0.606. The summed E-state index contributed by atoms with van der Waals surface area (Å²) in [4.78, 5) is 14.4. The van der Waals surface area contributed by atoms with Gasteiger partial charge < -0.3 is 24.8 Å². The third-order valence-corrected chi connectivity index (χ3v) is 11.1. The van der Waals surface area contributed by atoms with Crippen molar-refractivity contribution >= 4 is 39.3 Å². The summed E-state index contributed by atoms with van der Waals surface area (Å²) in [6.45, 7) is 4.48. The van der Waals surface area contributed by atoms with Crippen LogP contribution in [0.5, 0.6) is 5.75 Å². The molecule has 0 spiro atoms. The molecule has 3 aliphatic rings. The van der Waals surface area contributed by atoms with Crippen LogP contribution < -0.4 is 20.1 Å². The number of amides is 2. The molecule has 2 aromatic rings. The number of piperidine rings is 1. The summed E-state index contributed by atoms with van der Waals surface area (Å²) in [6, 6.07) is 11.4. The SMILES string of the molecule is CCCCNC(=O)NCCOCCOCCNS(=O)(=O)c1ccc(O[C@H]2c3cc(Cl)cc(Cl)c3C[C@@H]2N2C3CCCC2CC3)cc1. The lowest BCUT2D eigenvalue weighted by Crippen LogP contribution is -2.49. The van der Waals surface area contributed by atoms with Gasteiger partial charge in [-0.05, 0) is 80.5 Å². The van der Waals surface area contributed by atoms with Crippen LogP contribution in [0, 0.1) is 0 Å². The first-order valence-electron chi connectivity index (χ1n) is 16.5. The standard InChI is InChI=1S/C33H46Cl2N4O6S/c1-2-3-13-36-33(40)37-14-16-43-18-19-44-17-15-38-46(41,42)27-11-9-26(10-12-27)45-32-29-20-23(34)21-30(35)28(29)22-31(32)39-24-5-4-6-25(39)8-7-24/h9-12,20-21,24-25,31-32,38H,2-8,13-19,22H2,1H3,(H2,36,37,40)/t24?,25?,31-,32-/m0/s1. The minimum absolute atomic E-state index is 0.125. The maximum absolute atomic E-state index is 12.9. The van der Waals surface area contributed by atoms with E-state index in [0.717, 1.165) is 30.4 Å². The zero-order chi connectivity index (χ0) is 32.5. The first-order valence-corrected chi connectivity index (χ1v) is 18.7. The average Bonchev–Trinajstić information content (AvgIpc) is 3.50. The Morgan fingerprint density at radius 3 is 2.28 bits per heavy atom. The van der Waals surface area contributed by atoms with E-state index in [9.17, 15) is 13.2 Å². The van der Waals surface area contributed by atoms with Crippen LogP contribution in [0.15, 0.2) is 41.3 Å². The second-order valence-corrected chi connectivity index (χ2v) is 14.8. The van der Waals surface area contributed by atoms with Gasteiger partial charge in [-0.3, -0.25) is 4.90 Å². The summed E-state index contributed by atoms with van der Waals surface area (Å²) in [7, 11) is -3.73. The molecule has 0 aromatic heterocycles. The number of ether oxygens (including phenoxy) is 3. The van der Waals surface area contributed by atoms with Crippen LogP contribution in [0.25, 0.3) is 0 Å². The average molecular weight is 698 g/mol. The summed E-state index contributed by atoms with van der Waals surface area (Å²) in [5.41, 5.74) is 2.10. The quantitative estimate of drug-likeness (QED) is 0.188. The minimum atomic E-state index is -3.73. The van der Waals surface area contributed by atoms with Gasteiger partial charge in [-0.25, -0.2) is 17.9 Å². The molecule has 0 radical (unpaired) electrons. The van der Waals surface area contributed by atoms with Crippen molar-refractivity contribution in [2.75, 3.05) is 46.1 Å². The van der Waals surface area contributed by atoms with Gasteiger partial charge in [0, 0.05) is 47.3 Å². The zero-order valence-electron chi connectivity index (χ0n) is 26.4. The predicted octanol–water partition coefficient (Wildman–Crippen LogP) is 5.47. The van der Waals surface area contributed by atoms with Gasteiger partial charge in [0.25, 0.3) is 0 Å². The minimum Gasteiger partial charge on any atom is -0.484 e. The first kappa shape index (κ1) is 35.2. The molecule has 2 aromatic carbocycles. The van der Waals surface area contributed by atoms with Crippen LogP contribution in [0.4, 0.5) is 4.79 Å². The summed E-state index contributed by atoms with van der Waals surface area (Å²) in [5, 5.41) is 6.75. The number of nitrogens with zero attached hydrogens (tertiary/aromatic N) is 1. The van der Waals surface area contributed by atoms with Gasteiger partial charge in [0.15, 0.2) is 0 Å². The van der Waals surface area contributed by atoms with Crippen molar-refractivity contribution in [1.29, 1.82) is 0 Å². The normalized spacial score (nSPS) is 22.5. The Kier molecular flexibility index (Phi) is 12.9. The van der Waals surface area contributed by atoms with Gasteiger partial charge in [0.1, 0.15) is 11.9 Å². The van der Waals surface area contributed by atoms with Crippen LogP contribution in [0.3, 0.4) is 0 Å². The number of nitrogens with one attached hydrogen (secondary N) is 3. The van der Waals surface area contributed by atoms with E-state index in [-0.39, 0.29) is 36.2 Å². The van der Waals surface area contributed by atoms with E-state index in [1.807, 2.05) is 6.07 Å². The molecule has 3 N–H and O–H groups in total. The van der Waals surface area contributed by atoms with Gasteiger partial charge in [-0.15, -0.1) is 0 Å². The molecule has 1 aliphatic carbocycles. The Labute approximate surface area is 282 Å². The van der Waals surface area contributed by atoms with Crippen LogP contribution in [-0.4, -0.2) is 83.5 Å². The molecule has 2 bridgehead atoms. The number of halogens is 2. The number of rotatable bonds is 17.